The summed E-state index contributed by atoms with van der Waals surface area (Å²) < 4.78 is 28.8. The first-order valence-corrected chi connectivity index (χ1v) is 11.7. The zero-order valence-electron chi connectivity index (χ0n) is 15.8. The molecule has 1 aromatic carbocycles. The third-order valence-electron chi connectivity index (χ3n) is 4.53. The molecule has 1 atom stereocenters. The van der Waals surface area contributed by atoms with E-state index in [1.54, 1.807) is 12.0 Å². The Kier molecular flexibility index (Phi) is 6.00. The van der Waals surface area contributed by atoms with E-state index in [9.17, 15) is 13.2 Å². The number of H-pyrrole nitrogens is 1. The molecule has 0 spiro atoms. The smallest absolute Gasteiger partial charge is 0.233 e. The first-order valence-electron chi connectivity index (χ1n) is 8.94. The maximum absolute atomic E-state index is 12.8. The average Bonchev–Trinajstić information content (AvgIpc) is 3.18. The van der Waals surface area contributed by atoms with Crippen LogP contribution in [0, 0.1) is 5.92 Å². The lowest BCUT2D eigenvalue weighted by Gasteiger charge is -2.29. The van der Waals surface area contributed by atoms with Crippen molar-refractivity contribution in [1.29, 1.82) is 0 Å². The van der Waals surface area contributed by atoms with E-state index in [4.69, 9.17) is 4.74 Å². The Morgan fingerprint density at radius 1 is 1.44 bits per heavy atom. The van der Waals surface area contributed by atoms with E-state index < -0.39 is 9.84 Å². The van der Waals surface area contributed by atoms with Crippen LogP contribution in [0.25, 0.3) is 11.0 Å². The predicted octanol–water partition coefficient (Wildman–Crippen LogP) is 2.34. The van der Waals surface area contributed by atoms with Crippen molar-refractivity contribution in [2.75, 3.05) is 30.9 Å². The van der Waals surface area contributed by atoms with E-state index in [2.05, 4.69) is 9.97 Å². The summed E-state index contributed by atoms with van der Waals surface area (Å²) in [6, 6.07) is 5.35. The normalized spacial score (nSPS) is 18.9. The molecule has 1 unspecified atom stereocenters. The Hall–Kier alpha value is -1.74. The summed E-state index contributed by atoms with van der Waals surface area (Å²) >= 11 is 1.33. The Morgan fingerprint density at radius 2 is 2.22 bits per heavy atom. The number of benzene rings is 1. The molecule has 1 saturated heterocycles. The quantitative estimate of drug-likeness (QED) is 0.703. The molecule has 1 amide bonds. The fourth-order valence-electron chi connectivity index (χ4n) is 3.24. The number of fused-ring (bicyclic) bond motifs is 1. The monoisotopic (exact) mass is 411 g/mol. The van der Waals surface area contributed by atoms with Gasteiger partial charge in [0.05, 0.1) is 35.4 Å². The number of carbonyl (C=O) groups excluding carboxylic acids is 1. The SMILES string of the molecule is COc1ccc2nc(SCC(=O)N(CC(C)C)C3CCS(=O)(=O)C3)[nH]c2c1. The molecular weight excluding hydrogens is 386 g/mol. The molecule has 3 rings (SSSR count). The number of hydrogen-bond acceptors (Lipinski definition) is 6. The van der Waals surface area contributed by atoms with Crippen molar-refractivity contribution in [2.45, 2.75) is 31.5 Å². The molecule has 2 aromatic rings. The maximum atomic E-state index is 12.8. The van der Waals surface area contributed by atoms with Crippen LogP contribution in [-0.2, 0) is 14.6 Å². The van der Waals surface area contributed by atoms with E-state index in [1.807, 2.05) is 32.0 Å². The van der Waals surface area contributed by atoms with Gasteiger partial charge in [0.15, 0.2) is 15.0 Å². The van der Waals surface area contributed by atoms with Gasteiger partial charge in [0, 0.05) is 18.7 Å². The molecule has 0 saturated carbocycles. The van der Waals surface area contributed by atoms with E-state index in [0.29, 0.717) is 18.1 Å². The third-order valence-corrected chi connectivity index (χ3v) is 7.14. The number of imidazole rings is 1. The Balaban J connectivity index is 1.68. The molecule has 1 N–H and O–H groups in total. The highest BCUT2D eigenvalue weighted by Crippen LogP contribution is 2.25. The van der Waals surface area contributed by atoms with Gasteiger partial charge in [0.2, 0.25) is 5.91 Å². The average molecular weight is 412 g/mol. The summed E-state index contributed by atoms with van der Waals surface area (Å²) in [4.78, 5) is 22.2. The molecule has 1 fully saturated rings. The summed E-state index contributed by atoms with van der Waals surface area (Å²) in [5, 5.41) is 0.662. The second-order valence-electron chi connectivity index (χ2n) is 7.21. The molecule has 7 nitrogen and oxygen atoms in total. The van der Waals surface area contributed by atoms with Crippen molar-refractivity contribution in [3.63, 3.8) is 0 Å². The van der Waals surface area contributed by atoms with Crippen LogP contribution in [0.3, 0.4) is 0 Å². The molecule has 0 bridgehead atoms. The molecule has 27 heavy (non-hydrogen) atoms. The number of methoxy groups -OCH3 is 1. The van der Waals surface area contributed by atoms with Gasteiger partial charge in [0.1, 0.15) is 5.75 Å². The Labute approximate surface area is 163 Å². The molecule has 0 radical (unpaired) electrons. The van der Waals surface area contributed by atoms with Gasteiger partial charge >= 0.3 is 0 Å². The summed E-state index contributed by atoms with van der Waals surface area (Å²) in [6.07, 6.45) is 0.524. The van der Waals surface area contributed by atoms with Gasteiger partial charge in [-0.2, -0.15) is 0 Å². The summed E-state index contributed by atoms with van der Waals surface area (Å²) in [5.74, 6) is 1.43. The molecule has 1 aliphatic rings. The lowest BCUT2D eigenvalue weighted by atomic mass is 10.1. The molecule has 1 aromatic heterocycles. The van der Waals surface area contributed by atoms with Crippen LogP contribution in [0.5, 0.6) is 5.75 Å². The van der Waals surface area contributed by atoms with Crippen LogP contribution >= 0.6 is 11.8 Å². The van der Waals surface area contributed by atoms with Gasteiger partial charge in [0.25, 0.3) is 0 Å². The first-order chi connectivity index (χ1) is 12.8. The predicted molar refractivity (Wildman–Crippen MR) is 107 cm³/mol. The van der Waals surface area contributed by atoms with Gasteiger partial charge in [-0.05, 0) is 24.5 Å². The van der Waals surface area contributed by atoms with Crippen molar-refractivity contribution >= 4 is 38.5 Å². The number of thioether (sulfide) groups is 1. The highest BCUT2D eigenvalue weighted by Gasteiger charge is 2.34. The zero-order chi connectivity index (χ0) is 19.6. The second-order valence-corrected chi connectivity index (χ2v) is 10.4. The number of nitrogens with one attached hydrogen (secondary N) is 1. The fraction of sp³-hybridized carbons (Fsp3) is 0.556. The van der Waals surface area contributed by atoms with Crippen LogP contribution in [0.4, 0.5) is 0 Å². The molecule has 9 heteroatoms. The minimum absolute atomic E-state index is 0.0474. The van der Waals surface area contributed by atoms with Crippen LogP contribution < -0.4 is 4.74 Å². The van der Waals surface area contributed by atoms with Crippen molar-refractivity contribution in [2.24, 2.45) is 5.92 Å². The van der Waals surface area contributed by atoms with Crippen LogP contribution in [0.1, 0.15) is 20.3 Å². The topological polar surface area (TPSA) is 92.4 Å². The van der Waals surface area contributed by atoms with Crippen molar-refractivity contribution in [1.82, 2.24) is 14.9 Å². The summed E-state index contributed by atoms with van der Waals surface area (Å²) in [6.45, 7) is 4.63. The van der Waals surface area contributed by atoms with Crippen molar-refractivity contribution in [3.8, 4) is 5.75 Å². The minimum atomic E-state index is -3.03. The minimum Gasteiger partial charge on any atom is -0.497 e. The highest BCUT2D eigenvalue weighted by atomic mass is 32.2. The van der Waals surface area contributed by atoms with Crippen LogP contribution in [-0.4, -0.2) is 66.1 Å². The number of aromatic nitrogens is 2. The maximum Gasteiger partial charge on any atom is 0.233 e. The number of sulfone groups is 1. The van der Waals surface area contributed by atoms with E-state index in [0.717, 1.165) is 16.8 Å². The first kappa shape index (κ1) is 20.0. The van der Waals surface area contributed by atoms with E-state index in [1.165, 1.54) is 11.8 Å². The Bertz CT molecular complexity index is 924. The van der Waals surface area contributed by atoms with Gasteiger partial charge < -0.3 is 14.6 Å². The van der Waals surface area contributed by atoms with Crippen LogP contribution in [0.2, 0.25) is 0 Å². The number of ether oxygens (including phenoxy) is 1. The van der Waals surface area contributed by atoms with E-state index in [-0.39, 0.29) is 35.1 Å². The number of hydrogen-bond donors (Lipinski definition) is 1. The molecule has 2 heterocycles. The molecule has 1 aliphatic heterocycles. The molecule has 148 valence electrons. The fourth-order valence-corrected chi connectivity index (χ4v) is 5.74. The number of amides is 1. The standard InChI is InChI=1S/C18H25N3O4S2/c1-12(2)9-21(13-6-7-27(23,24)11-13)17(22)10-26-18-19-15-5-4-14(25-3)8-16(15)20-18/h4-5,8,12-13H,6-7,9-11H2,1-3H3,(H,19,20). The molecule has 0 aliphatic carbocycles. The number of aromatic amines is 1. The Morgan fingerprint density at radius 3 is 2.85 bits per heavy atom. The summed E-state index contributed by atoms with van der Waals surface area (Å²) in [7, 11) is -1.42. The third kappa shape index (κ3) is 4.95. The van der Waals surface area contributed by atoms with Gasteiger partial charge in [-0.15, -0.1) is 0 Å². The number of rotatable bonds is 7. The number of nitrogens with zero attached hydrogens (tertiary/aromatic N) is 2. The molecular formula is C18H25N3O4S2. The largest absolute Gasteiger partial charge is 0.497 e. The van der Waals surface area contributed by atoms with Crippen molar-refractivity contribution < 1.29 is 17.9 Å². The van der Waals surface area contributed by atoms with E-state index >= 15 is 0 Å². The van der Waals surface area contributed by atoms with Gasteiger partial charge in [-0.3, -0.25) is 4.79 Å². The second kappa shape index (κ2) is 8.10. The van der Waals surface area contributed by atoms with Crippen LogP contribution in [0.15, 0.2) is 23.4 Å². The zero-order valence-corrected chi connectivity index (χ0v) is 17.4. The number of carbonyl (C=O) groups is 1. The lowest BCUT2D eigenvalue weighted by molar-refractivity contribution is -0.130. The van der Waals surface area contributed by atoms with Crippen molar-refractivity contribution in [3.05, 3.63) is 18.2 Å². The van der Waals surface area contributed by atoms with Gasteiger partial charge in [-0.25, -0.2) is 13.4 Å². The lowest BCUT2D eigenvalue weighted by Crippen LogP contribution is -2.44. The van der Waals surface area contributed by atoms with Gasteiger partial charge in [-0.1, -0.05) is 25.6 Å². The highest BCUT2D eigenvalue weighted by molar-refractivity contribution is 7.99. The summed E-state index contributed by atoms with van der Waals surface area (Å²) in [5.41, 5.74) is 1.66.